The van der Waals surface area contributed by atoms with Crippen LogP contribution in [-0.2, 0) is 25.9 Å². The van der Waals surface area contributed by atoms with E-state index in [1.54, 1.807) is 0 Å². The Morgan fingerprint density at radius 2 is 1.75 bits per heavy atom. The second-order valence-corrected chi connectivity index (χ2v) is 0.204. The Labute approximate surface area is 39.7 Å². The molecule has 0 radical (unpaired) electrons. The van der Waals surface area contributed by atoms with Gasteiger partial charge in [0.25, 0.3) is 0 Å². The van der Waals surface area contributed by atoms with E-state index in [9.17, 15) is 0 Å². The van der Waals surface area contributed by atoms with Crippen LogP contribution in [0.2, 0.25) is 0 Å². The summed E-state index contributed by atoms with van der Waals surface area (Å²) in [5.41, 5.74) is 0. The second-order valence-electron chi connectivity index (χ2n) is 0.204. The van der Waals surface area contributed by atoms with Gasteiger partial charge in [-0.3, -0.25) is 6.29 Å². The van der Waals surface area contributed by atoms with Crippen LogP contribution >= 0.6 is 0 Å². The van der Waals surface area contributed by atoms with Crippen LogP contribution in [0.5, 0.6) is 0 Å². The van der Waals surface area contributed by atoms with Gasteiger partial charge in [-0.05, 0) is 0 Å². The normalized spacial score (nSPS) is 3.25. The summed E-state index contributed by atoms with van der Waals surface area (Å²) in [6, 6.07) is 0. The van der Waals surface area contributed by atoms with E-state index in [4.69, 9.17) is 4.79 Å². The van der Waals surface area contributed by atoms with Gasteiger partial charge in [-0.25, -0.2) is 0 Å². The zero-order valence-electron chi connectivity index (χ0n) is 2.22. The third-order valence-electron chi connectivity index (χ3n) is 0. The van der Waals surface area contributed by atoms with Gasteiger partial charge < -0.3 is 4.79 Å². The first-order chi connectivity index (χ1) is 1.41. The monoisotopic (exact) mass is 238 g/mol. The standard InChI is InChI=1S/C2H3O.Pt/c1-2-3;/h1H3;/q-1;+2. The summed E-state index contributed by atoms with van der Waals surface area (Å²) >= 11 is 0. The zero-order valence-corrected chi connectivity index (χ0v) is 4.50. The quantitative estimate of drug-likeness (QED) is 0.547. The maximum atomic E-state index is 8.68. The second kappa shape index (κ2) is 10.1. The average molecular weight is 238 g/mol. The maximum absolute atomic E-state index is 8.68. The van der Waals surface area contributed by atoms with Crippen molar-refractivity contribution in [1.29, 1.82) is 0 Å². The molecule has 0 atom stereocenters. The molecule has 0 bridgehead atoms. The summed E-state index contributed by atoms with van der Waals surface area (Å²) in [7, 11) is 0. The van der Waals surface area contributed by atoms with Crippen LogP contribution in [0, 0.1) is 0 Å². The fraction of sp³-hybridized carbons (Fsp3) is 0.500. The Morgan fingerprint density at radius 1 is 1.75 bits per heavy atom. The fourth-order valence-corrected chi connectivity index (χ4v) is 0. The molecule has 0 aromatic carbocycles. The number of hydrogen-bond donors (Lipinski definition) is 0. The van der Waals surface area contributed by atoms with Crippen LogP contribution in [0.25, 0.3) is 0 Å². The Kier molecular flexibility index (Phi) is 22.4. The van der Waals surface area contributed by atoms with Crippen LogP contribution in [0.3, 0.4) is 0 Å². The molecular weight excluding hydrogens is 235 g/mol. The van der Waals surface area contributed by atoms with Gasteiger partial charge in [0.15, 0.2) is 0 Å². The van der Waals surface area contributed by atoms with Crippen molar-refractivity contribution < 1.29 is 25.9 Å². The minimum Gasteiger partial charge on any atom is -0.542 e. The first-order valence-electron chi connectivity index (χ1n) is 0.704. The average Bonchev–Trinajstić information content (AvgIpc) is 0.918. The van der Waals surface area contributed by atoms with Crippen LogP contribution in [0.4, 0.5) is 0 Å². The summed E-state index contributed by atoms with van der Waals surface area (Å²) < 4.78 is 0. The summed E-state index contributed by atoms with van der Waals surface area (Å²) in [4.78, 5) is 8.68. The van der Waals surface area contributed by atoms with Gasteiger partial charge in [-0.15, -0.1) is 0 Å². The topological polar surface area (TPSA) is 17.1 Å². The predicted octanol–water partition coefficient (Wildman–Crippen LogP) is 0.113. The molecule has 0 aromatic rings. The summed E-state index contributed by atoms with van der Waals surface area (Å²) in [6.45, 7) is 1.32. The maximum Gasteiger partial charge on any atom is 2.00 e. The largest absolute Gasteiger partial charge is 2.00 e. The van der Waals surface area contributed by atoms with Gasteiger partial charge in [-0.1, -0.05) is 0 Å². The minimum absolute atomic E-state index is 0. The number of rotatable bonds is 0. The molecule has 0 heterocycles. The molecule has 0 unspecified atom stereocenters. The van der Waals surface area contributed by atoms with Gasteiger partial charge in [0.2, 0.25) is 0 Å². The van der Waals surface area contributed by atoms with Crippen molar-refractivity contribution in [3.63, 3.8) is 0 Å². The van der Waals surface area contributed by atoms with E-state index in [0.29, 0.717) is 0 Å². The molecule has 0 rings (SSSR count). The third-order valence-corrected chi connectivity index (χ3v) is 0. The van der Waals surface area contributed by atoms with Crippen molar-refractivity contribution in [2.75, 3.05) is 0 Å². The van der Waals surface area contributed by atoms with Gasteiger partial charge in [0.05, 0.1) is 0 Å². The third kappa shape index (κ3) is 33.9. The van der Waals surface area contributed by atoms with E-state index < -0.39 is 0 Å². The Morgan fingerprint density at radius 3 is 1.75 bits per heavy atom. The molecule has 4 heavy (non-hydrogen) atoms. The molecule has 0 aromatic heterocycles. The molecule has 26 valence electrons. The zero-order chi connectivity index (χ0) is 2.71. The number of hydrogen-bond acceptors (Lipinski definition) is 1. The fourth-order valence-electron chi connectivity index (χ4n) is 0. The van der Waals surface area contributed by atoms with Crippen molar-refractivity contribution in [3.05, 3.63) is 0 Å². The van der Waals surface area contributed by atoms with Gasteiger partial charge in [0.1, 0.15) is 0 Å². The molecule has 0 saturated heterocycles. The minimum atomic E-state index is 0. The molecule has 2 heteroatoms. The van der Waals surface area contributed by atoms with E-state index in [0.717, 1.165) is 0 Å². The van der Waals surface area contributed by atoms with Crippen molar-refractivity contribution in [2.24, 2.45) is 0 Å². The molecule has 0 aliphatic carbocycles. The van der Waals surface area contributed by atoms with E-state index in [1.807, 2.05) is 0 Å². The van der Waals surface area contributed by atoms with Gasteiger partial charge >= 0.3 is 21.1 Å². The first kappa shape index (κ1) is 8.84. The molecular formula is C2H3OPt+. The number of carbonyl (C=O) groups excluding carboxylic acids is 1. The molecule has 0 N–H and O–H groups in total. The van der Waals surface area contributed by atoms with E-state index in [2.05, 4.69) is 0 Å². The molecule has 0 amide bonds. The van der Waals surface area contributed by atoms with Crippen molar-refractivity contribution in [2.45, 2.75) is 6.92 Å². The van der Waals surface area contributed by atoms with E-state index in [-0.39, 0.29) is 21.1 Å². The van der Waals surface area contributed by atoms with Gasteiger partial charge in [-0.2, -0.15) is 6.92 Å². The van der Waals surface area contributed by atoms with Crippen LogP contribution < -0.4 is 0 Å². The van der Waals surface area contributed by atoms with Crippen molar-refractivity contribution in [3.8, 4) is 0 Å². The predicted molar refractivity (Wildman–Crippen MR) is 11.4 cm³/mol. The van der Waals surface area contributed by atoms with Crippen LogP contribution in [0.15, 0.2) is 0 Å². The van der Waals surface area contributed by atoms with E-state index >= 15 is 0 Å². The Hall–Kier alpha value is 0.358. The molecule has 0 aliphatic rings. The first-order valence-corrected chi connectivity index (χ1v) is 0.704. The van der Waals surface area contributed by atoms with Crippen LogP contribution in [-0.4, -0.2) is 6.29 Å². The molecule has 0 saturated carbocycles. The van der Waals surface area contributed by atoms with Crippen molar-refractivity contribution in [1.82, 2.24) is 0 Å². The van der Waals surface area contributed by atoms with Crippen LogP contribution in [0.1, 0.15) is 6.92 Å². The molecule has 0 spiro atoms. The van der Waals surface area contributed by atoms with Gasteiger partial charge in [0, 0.05) is 0 Å². The summed E-state index contributed by atoms with van der Waals surface area (Å²) in [5.74, 6) is 0. The summed E-state index contributed by atoms with van der Waals surface area (Å²) in [6.07, 6.45) is 1.50. The van der Waals surface area contributed by atoms with E-state index in [1.165, 1.54) is 13.2 Å². The summed E-state index contributed by atoms with van der Waals surface area (Å²) in [5, 5.41) is 0. The molecule has 0 aliphatic heterocycles. The smallest absolute Gasteiger partial charge is 0.542 e. The Bertz CT molecular complexity index is 13.5. The van der Waals surface area contributed by atoms with Crippen molar-refractivity contribution >= 4 is 6.29 Å². The Balaban J connectivity index is 0. The molecule has 1 nitrogen and oxygen atoms in total. The SMILES string of the molecule is C[C-]=O.[Pt+2]. The molecule has 0 fully saturated rings.